The first-order valence-corrected chi connectivity index (χ1v) is 6.41. The number of rotatable bonds is 1. The Morgan fingerprint density at radius 2 is 2.12 bits per heavy atom. The molecule has 0 bridgehead atoms. The lowest BCUT2D eigenvalue weighted by Crippen LogP contribution is -2.25. The van der Waals surface area contributed by atoms with Gasteiger partial charge in [-0.05, 0) is 25.5 Å². The Morgan fingerprint density at radius 3 is 2.76 bits per heavy atom. The molecule has 17 heavy (non-hydrogen) atoms. The molecule has 0 saturated carbocycles. The normalized spacial score (nSPS) is 16.1. The van der Waals surface area contributed by atoms with E-state index in [0.29, 0.717) is 0 Å². The fourth-order valence-corrected chi connectivity index (χ4v) is 2.04. The lowest BCUT2D eigenvalue weighted by Gasteiger charge is -2.24. The maximum Gasteiger partial charge on any atom is 0.171 e. The van der Waals surface area contributed by atoms with Crippen LogP contribution in [0.3, 0.4) is 0 Å². The third-order valence-corrected chi connectivity index (χ3v) is 3.12. The van der Waals surface area contributed by atoms with E-state index in [2.05, 4.69) is 44.7 Å². The Hall–Kier alpha value is -1.25. The summed E-state index contributed by atoms with van der Waals surface area (Å²) in [4.78, 5) is 7.10. The Labute approximate surface area is 104 Å². The molecule has 0 amide bonds. The summed E-state index contributed by atoms with van der Waals surface area (Å²) in [5, 5.41) is 0. The molecule has 0 N–H and O–H groups in total. The van der Waals surface area contributed by atoms with Crippen molar-refractivity contribution in [3.63, 3.8) is 0 Å². The van der Waals surface area contributed by atoms with Gasteiger partial charge in [0.25, 0.3) is 0 Å². The van der Waals surface area contributed by atoms with Crippen LogP contribution >= 0.6 is 0 Å². The molecule has 2 rings (SSSR count). The molecule has 0 aromatic carbocycles. The van der Waals surface area contributed by atoms with Crippen molar-refractivity contribution in [1.29, 1.82) is 0 Å². The second-order valence-electron chi connectivity index (χ2n) is 5.55. The molecule has 0 spiro atoms. The Morgan fingerprint density at radius 1 is 1.35 bits per heavy atom. The standard InChI is InChI=1S/C14H22N2O/c1-5-16-9-6-10-17-11-7-8-12(14(2,3)4)15-13(11)16/h7-8H,5-6,9-10H2,1-4H3. The first kappa shape index (κ1) is 12.2. The van der Waals surface area contributed by atoms with E-state index >= 15 is 0 Å². The van der Waals surface area contributed by atoms with E-state index in [9.17, 15) is 0 Å². The van der Waals surface area contributed by atoms with Gasteiger partial charge in [-0.3, -0.25) is 0 Å². The summed E-state index contributed by atoms with van der Waals surface area (Å²) in [6, 6.07) is 4.15. The number of anilines is 1. The van der Waals surface area contributed by atoms with Crippen molar-refractivity contribution in [2.75, 3.05) is 24.6 Å². The van der Waals surface area contributed by atoms with Crippen molar-refractivity contribution in [3.8, 4) is 5.75 Å². The van der Waals surface area contributed by atoms with Gasteiger partial charge < -0.3 is 9.64 Å². The summed E-state index contributed by atoms with van der Waals surface area (Å²) in [5.74, 6) is 1.94. The quantitative estimate of drug-likeness (QED) is 0.747. The van der Waals surface area contributed by atoms with E-state index in [0.717, 1.165) is 43.4 Å². The molecule has 94 valence electrons. The molecule has 0 radical (unpaired) electrons. The number of aromatic nitrogens is 1. The number of fused-ring (bicyclic) bond motifs is 1. The minimum Gasteiger partial charge on any atom is -0.490 e. The number of nitrogens with zero attached hydrogens (tertiary/aromatic N) is 2. The summed E-state index contributed by atoms with van der Waals surface area (Å²) in [6.07, 6.45) is 1.06. The molecule has 0 unspecified atom stereocenters. The minimum atomic E-state index is 0.0841. The molecule has 1 aromatic rings. The van der Waals surface area contributed by atoms with E-state index < -0.39 is 0 Å². The summed E-state index contributed by atoms with van der Waals surface area (Å²) >= 11 is 0. The molecular formula is C14H22N2O. The zero-order chi connectivity index (χ0) is 12.5. The van der Waals surface area contributed by atoms with Crippen LogP contribution in [0.2, 0.25) is 0 Å². The predicted molar refractivity (Wildman–Crippen MR) is 70.9 cm³/mol. The van der Waals surface area contributed by atoms with Crippen LogP contribution in [-0.2, 0) is 5.41 Å². The van der Waals surface area contributed by atoms with Crippen LogP contribution in [0.15, 0.2) is 12.1 Å². The van der Waals surface area contributed by atoms with Gasteiger partial charge >= 0.3 is 0 Å². The highest BCUT2D eigenvalue weighted by Crippen LogP contribution is 2.32. The maximum absolute atomic E-state index is 5.74. The molecular weight excluding hydrogens is 212 g/mol. The van der Waals surface area contributed by atoms with E-state index in [1.54, 1.807) is 0 Å². The second-order valence-corrected chi connectivity index (χ2v) is 5.55. The largest absolute Gasteiger partial charge is 0.490 e. The third kappa shape index (κ3) is 2.54. The molecule has 1 aliphatic rings. The molecule has 0 aliphatic carbocycles. The Balaban J connectivity index is 2.43. The van der Waals surface area contributed by atoms with Crippen molar-refractivity contribution in [2.45, 2.75) is 39.5 Å². The van der Waals surface area contributed by atoms with E-state index in [1.165, 1.54) is 0 Å². The van der Waals surface area contributed by atoms with Crippen LogP contribution in [0, 0.1) is 0 Å². The van der Waals surface area contributed by atoms with E-state index in [4.69, 9.17) is 9.72 Å². The van der Waals surface area contributed by atoms with Gasteiger partial charge in [0, 0.05) is 24.2 Å². The van der Waals surface area contributed by atoms with Crippen LogP contribution in [0.1, 0.15) is 39.8 Å². The SMILES string of the molecule is CCN1CCCOc2ccc(C(C)(C)C)nc21. The Bertz CT molecular complexity index is 396. The van der Waals surface area contributed by atoms with Crippen molar-refractivity contribution in [2.24, 2.45) is 0 Å². The Kier molecular flexibility index (Phi) is 3.27. The number of pyridine rings is 1. The fourth-order valence-electron chi connectivity index (χ4n) is 2.04. The number of ether oxygens (including phenoxy) is 1. The van der Waals surface area contributed by atoms with E-state index in [-0.39, 0.29) is 5.41 Å². The zero-order valence-corrected chi connectivity index (χ0v) is 11.3. The molecule has 0 fully saturated rings. The van der Waals surface area contributed by atoms with Crippen LogP contribution in [-0.4, -0.2) is 24.7 Å². The van der Waals surface area contributed by atoms with Crippen LogP contribution in [0.4, 0.5) is 5.82 Å². The summed E-state index contributed by atoms with van der Waals surface area (Å²) in [6.45, 7) is 11.5. The van der Waals surface area contributed by atoms with Crippen LogP contribution in [0.25, 0.3) is 0 Å². The predicted octanol–water partition coefficient (Wildman–Crippen LogP) is 2.99. The fraction of sp³-hybridized carbons (Fsp3) is 0.643. The monoisotopic (exact) mass is 234 g/mol. The molecule has 1 aromatic heterocycles. The van der Waals surface area contributed by atoms with Crippen molar-refractivity contribution in [1.82, 2.24) is 4.98 Å². The summed E-state index contributed by atoms with van der Waals surface area (Å²) in [5.41, 5.74) is 1.21. The van der Waals surface area contributed by atoms with Crippen molar-refractivity contribution in [3.05, 3.63) is 17.8 Å². The van der Waals surface area contributed by atoms with Gasteiger partial charge in [-0.25, -0.2) is 4.98 Å². The van der Waals surface area contributed by atoms with Gasteiger partial charge in [0.2, 0.25) is 0 Å². The van der Waals surface area contributed by atoms with Crippen molar-refractivity contribution >= 4 is 5.82 Å². The van der Waals surface area contributed by atoms with Gasteiger partial charge in [0.1, 0.15) is 0 Å². The molecule has 1 aliphatic heterocycles. The first-order valence-electron chi connectivity index (χ1n) is 6.41. The third-order valence-electron chi connectivity index (χ3n) is 3.12. The van der Waals surface area contributed by atoms with Gasteiger partial charge in [-0.15, -0.1) is 0 Å². The highest BCUT2D eigenvalue weighted by atomic mass is 16.5. The highest BCUT2D eigenvalue weighted by Gasteiger charge is 2.21. The molecule has 0 saturated heterocycles. The molecule has 0 atom stereocenters. The zero-order valence-electron chi connectivity index (χ0n) is 11.3. The second kappa shape index (κ2) is 4.55. The summed E-state index contributed by atoms with van der Waals surface area (Å²) < 4.78 is 5.74. The highest BCUT2D eigenvalue weighted by molar-refractivity contribution is 5.54. The topological polar surface area (TPSA) is 25.4 Å². The average molecular weight is 234 g/mol. The summed E-state index contributed by atoms with van der Waals surface area (Å²) in [7, 11) is 0. The first-order chi connectivity index (χ1) is 8.02. The van der Waals surface area contributed by atoms with Gasteiger partial charge in [-0.2, -0.15) is 0 Å². The lowest BCUT2D eigenvalue weighted by atomic mass is 9.91. The van der Waals surface area contributed by atoms with E-state index in [1.807, 2.05) is 0 Å². The molecule has 2 heterocycles. The van der Waals surface area contributed by atoms with Gasteiger partial charge in [-0.1, -0.05) is 20.8 Å². The van der Waals surface area contributed by atoms with Crippen molar-refractivity contribution < 1.29 is 4.74 Å². The number of hydrogen-bond acceptors (Lipinski definition) is 3. The molecule has 3 heteroatoms. The van der Waals surface area contributed by atoms with Gasteiger partial charge in [0.05, 0.1) is 6.61 Å². The average Bonchev–Trinajstić information content (AvgIpc) is 2.48. The maximum atomic E-state index is 5.74. The van der Waals surface area contributed by atoms with Crippen LogP contribution < -0.4 is 9.64 Å². The lowest BCUT2D eigenvalue weighted by molar-refractivity contribution is 0.321. The molecule has 3 nitrogen and oxygen atoms in total. The number of hydrogen-bond donors (Lipinski definition) is 0. The van der Waals surface area contributed by atoms with Crippen LogP contribution in [0.5, 0.6) is 5.75 Å². The minimum absolute atomic E-state index is 0.0841. The smallest absolute Gasteiger partial charge is 0.171 e. The van der Waals surface area contributed by atoms with Gasteiger partial charge in [0.15, 0.2) is 11.6 Å².